The third-order valence-electron chi connectivity index (χ3n) is 3.54. The van der Waals surface area contributed by atoms with Crippen molar-refractivity contribution in [1.29, 1.82) is 0 Å². The molecule has 1 N–H and O–H groups in total. The fourth-order valence-electron chi connectivity index (χ4n) is 2.49. The second-order valence-corrected chi connectivity index (χ2v) is 5.40. The smallest absolute Gasteiger partial charge is 0.00672 e. The summed E-state index contributed by atoms with van der Waals surface area (Å²) in [6.07, 6.45) is 2.80. The van der Waals surface area contributed by atoms with Gasteiger partial charge in [-0.3, -0.25) is 0 Å². The van der Waals surface area contributed by atoms with Crippen LogP contribution in [0.3, 0.4) is 0 Å². The Morgan fingerprint density at radius 1 is 1.33 bits per heavy atom. The third-order valence-corrected chi connectivity index (χ3v) is 3.54. The minimum absolute atomic E-state index is 0.776. The second-order valence-electron chi connectivity index (χ2n) is 5.40. The van der Waals surface area contributed by atoms with Gasteiger partial charge in [0, 0.05) is 19.1 Å². The third kappa shape index (κ3) is 4.52. The van der Waals surface area contributed by atoms with Crippen LogP contribution in [-0.2, 0) is 0 Å². The molecule has 3 unspecified atom stereocenters. The van der Waals surface area contributed by atoms with Crippen molar-refractivity contribution in [3.63, 3.8) is 0 Å². The van der Waals surface area contributed by atoms with Gasteiger partial charge in [0.05, 0.1) is 0 Å². The molecule has 1 saturated heterocycles. The Hall–Kier alpha value is -0.0800. The normalized spacial score (nSPS) is 30.4. The highest BCUT2D eigenvalue weighted by Gasteiger charge is 2.23. The Bertz CT molecular complexity index is 170. The summed E-state index contributed by atoms with van der Waals surface area (Å²) < 4.78 is 0. The van der Waals surface area contributed by atoms with Crippen molar-refractivity contribution in [2.75, 3.05) is 26.2 Å². The molecule has 0 radical (unpaired) electrons. The largest absolute Gasteiger partial charge is 0.317 e. The summed E-state index contributed by atoms with van der Waals surface area (Å²) in [7, 11) is 0. The van der Waals surface area contributed by atoms with E-state index < -0.39 is 0 Å². The quantitative estimate of drug-likeness (QED) is 0.752. The van der Waals surface area contributed by atoms with Crippen LogP contribution in [-0.4, -0.2) is 37.1 Å². The highest BCUT2D eigenvalue weighted by atomic mass is 15.2. The van der Waals surface area contributed by atoms with Crippen LogP contribution in [0.4, 0.5) is 0 Å². The fraction of sp³-hybridized carbons (Fsp3) is 1.00. The molecule has 2 heteroatoms. The van der Waals surface area contributed by atoms with Crippen LogP contribution < -0.4 is 5.32 Å². The first-order valence-corrected chi connectivity index (χ1v) is 6.58. The van der Waals surface area contributed by atoms with E-state index in [1.807, 2.05) is 0 Å². The minimum atomic E-state index is 0.776. The molecule has 0 bridgehead atoms. The van der Waals surface area contributed by atoms with Gasteiger partial charge in [-0.15, -0.1) is 0 Å². The molecule has 0 aliphatic carbocycles. The number of nitrogens with one attached hydrogen (secondary N) is 1. The summed E-state index contributed by atoms with van der Waals surface area (Å²) in [5, 5.41) is 3.44. The molecule has 0 aromatic heterocycles. The summed E-state index contributed by atoms with van der Waals surface area (Å²) in [5.74, 6) is 1.67. The van der Waals surface area contributed by atoms with Crippen molar-refractivity contribution in [3.8, 4) is 0 Å². The number of hydrogen-bond acceptors (Lipinski definition) is 2. The van der Waals surface area contributed by atoms with E-state index in [0.29, 0.717) is 0 Å². The van der Waals surface area contributed by atoms with Crippen molar-refractivity contribution in [2.24, 2.45) is 11.8 Å². The predicted molar refractivity (Wildman–Crippen MR) is 67.1 cm³/mol. The first-order valence-electron chi connectivity index (χ1n) is 6.58. The van der Waals surface area contributed by atoms with Crippen LogP contribution >= 0.6 is 0 Å². The highest BCUT2D eigenvalue weighted by molar-refractivity contribution is 4.78. The highest BCUT2D eigenvalue weighted by Crippen LogP contribution is 2.21. The first-order chi connectivity index (χ1) is 7.13. The van der Waals surface area contributed by atoms with E-state index in [0.717, 1.165) is 31.0 Å². The lowest BCUT2D eigenvalue weighted by Crippen LogP contribution is -2.44. The summed E-state index contributed by atoms with van der Waals surface area (Å²) >= 11 is 0. The van der Waals surface area contributed by atoms with E-state index in [1.165, 1.54) is 25.9 Å². The maximum atomic E-state index is 3.44. The Kier molecular flexibility index (Phi) is 5.62. The van der Waals surface area contributed by atoms with Gasteiger partial charge in [-0.25, -0.2) is 0 Å². The Labute approximate surface area is 95.4 Å². The molecule has 90 valence electrons. The molecule has 3 atom stereocenters. The lowest BCUT2D eigenvalue weighted by atomic mass is 9.94. The molecule has 0 aromatic carbocycles. The molecule has 0 amide bonds. The van der Waals surface area contributed by atoms with Crippen LogP contribution in [0.5, 0.6) is 0 Å². The first kappa shape index (κ1) is 13.0. The minimum Gasteiger partial charge on any atom is -0.317 e. The summed E-state index contributed by atoms with van der Waals surface area (Å²) in [6, 6.07) is 0.797. The molecule has 1 rings (SSSR count). The van der Waals surface area contributed by atoms with Gasteiger partial charge in [-0.1, -0.05) is 20.8 Å². The molecule has 0 spiro atoms. The van der Waals surface area contributed by atoms with Crippen LogP contribution in [0.2, 0.25) is 0 Å². The molecular weight excluding hydrogens is 184 g/mol. The molecule has 1 fully saturated rings. The lowest BCUT2D eigenvalue weighted by molar-refractivity contribution is 0.108. The van der Waals surface area contributed by atoms with Gasteiger partial charge in [0.2, 0.25) is 0 Å². The van der Waals surface area contributed by atoms with Crippen LogP contribution in [0.25, 0.3) is 0 Å². The maximum Gasteiger partial charge on any atom is 0.00672 e. The van der Waals surface area contributed by atoms with E-state index in [-0.39, 0.29) is 0 Å². The molecule has 1 aliphatic rings. The Morgan fingerprint density at radius 2 is 2.07 bits per heavy atom. The molecule has 2 nitrogen and oxygen atoms in total. The van der Waals surface area contributed by atoms with Gasteiger partial charge >= 0.3 is 0 Å². The zero-order valence-electron chi connectivity index (χ0n) is 10.9. The fourth-order valence-corrected chi connectivity index (χ4v) is 2.49. The topological polar surface area (TPSA) is 15.3 Å². The van der Waals surface area contributed by atoms with Gasteiger partial charge in [0.1, 0.15) is 0 Å². The summed E-state index contributed by atoms with van der Waals surface area (Å²) in [5.41, 5.74) is 0. The van der Waals surface area contributed by atoms with E-state index in [2.05, 4.69) is 37.9 Å². The van der Waals surface area contributed by atoms with Gasteiger partial charge < -0.3 is 10.2 Å². The average molecular weight is 212 g/mol. The zero-order valence-corrected chi connectivity index (χ0v) is 10.9. The van der Waals surface area contributed by atoms with Gasteiger partial charge in [-0.2, -0.15) is 0 Å². The molecular formula is C13H28N2. The number of rotatable bonds is 5. The van der Waals surface area contributed by atoms with Crippen molar-refractivity contribution >= 4 is 0 Å². The van der Waals surface area contributed by atoms with Crippen LogP contribution in [0.15, 0.2) is 0 Å². The molecule has 1 aliphatic heterocycles. The van der Waals surface area contributed by atoms with Gasteiger partial charge in [0.25, 0.3) is 0 Å². The second kappa shape index (κ2) is 6.49. The van der Waals surface area contributed by atoms with Gasteiger partial charge in [0.15, 0.2) is 0 Å². The number of nitrogens with zero attached hydrogens (tertiary/aromatic N) is 1. The van der Waals surface area contributed by atoms with E-state index in [9.17, 15) is 0 Å². The summed E-state index contributed by atoms with van der Waals surface area (Å²) in [6.45, 7) is 14.1. The summed E-state index contributed by atoms with van der Waals surface area (Å²) in [4.78, 5) is 2.68. The molecule has 0 aromatic rings. The van der Waals surface area contributed by atoms with Crippen molar-refractivity contribution < 1.29 is 0 Å². The van der Waals surface area contributed by atoms with Gasteiger partial charge in [-0.05, 0) is 44.7 Å². The Morgan fingerprint density at radius 3 is 2.73 bits per heavy atom. The van der Waals surface area contributed by atoms with Crippen molar-refractivity contribution in [3.05, 3.63) is 0 Å². The molecule has 1 heterocycles. The SMILES string of the molecule is CCNCC(C)CN1CC(C)CCC1C. The maximum absolute atomic E-state index is 3.44. The predicted octanol–water partition coefficient (Wildman–Crippen LogP) is 2.35. The monoisotopic (exact) mass is 212 g/mol. The Balaban J connectivity index is 2.28. The number of likely N-dealkylation sites (tertiary alicyclic amines) is 1. The molecule has 0 saturated carbocycles. The van der Waals surface area contributed by atoms with E-state index in [1.54, 1.807) is 0 Å². The number of hydrogen-bond donors (Lipinski definition) is 1. The average Bonchev–Trinajstić information content (AvgIpc) is 2.20. The van der Waals surface area contributed by atoms with E-state index >= 15 is 0 Å². The van der Waals surface area contributed by atoms with Crippen LogP contribution in [0.1, 0.15) is 40.5 Å². The standard InChI is InChI=1S/C13H28N2/c1-5-14-8-12(3)10-15-9-11(2)6-7-13(15)4/h11-14H,5-10H2,1-4H3. The van der Waals surface area contributed by atoms with Crippen molar-refractivity contribution in [1.82, 2.24) is 10.2 Å². The number of piperidine rings is 1. The van der Waals surface area contributed by atoms with Crippen molar-refractivity contribution in [2.45, 2.75) is 46.6 Å². The lowest BCUT2D eigenvalue weighted by Gasteiger charge is -2.38. The van der Waals surface area contributed by atoms with Crippen LogP contribution in [0, 0.1) is 11.8 Å². The zero-order chi connectivity index (χ0) is 11.3. The molecule has 15 heavy (non-hydrogen) atoms. The van der Waals surface area contributed by atoms with E-state index in [4.69, 9.17) is 0 Å².